The highest BCUT2D eigenvalue weighted by molar-refractivity contribution is 6.06. The largest absolute Gasteiger partial charge is 0.326 e. The molecule has 0 bridgehead atoms. The second-order valence-corrected chi connectivity index (χ2v) is 5.93. The predicted octanol–water partition coefficient (Wildman–Crippen LogP) is 3.36. The van der Waals surface area contributed by atoms with Crippen molar-refractivity contribution in [2.45, 2.75) is 40.5 Å². The van der Waals surface area contributed by atoms with Crippen LogP contribution in [-0.2, 0) is 4.79 Å². The number of hydrogen-bond donors (Lipinski definition) is 3. The van der Waals surface area contributed by atoms with Gasteiger partial charge < -0.3 is 10.6 Å². The van der Waals surface area contributed by atoms with E-state index in [9.17, 15) is 9.59 Å². The van der Waals surface area contributed by atoms with Crippen molar-refractivity contribution in [2.75, 3.05) is 10.6 Å². The number of carbonyl (C=O) groups excluding carboxylic acids is 2. The van der Waals surface area contributed by atoms with E-state index in [4.69, 9.17) is 0 Å². The number of H-pyrrole nitrogens is 1. The van der Waals surface area contributed by atoms with Gasteiger partial charge in [-0.15, -0.1) is 0 Å². The quantitative estimate of drug-likeness (QED) is 0.808. The van der Waals surface area contributed by atoms with Crippen LogP contribution in [0.3, 0.4) is 0 Å². The predicted molar refractivity (Wildman–Crippen MR) is 90.8 cm³/mol. The summed E-state index contributed by atoms with van der Waals surface area (Å²) >= 11 is 0. The van der Waals surface area contributed by atoms with Gasteiger partial charge >= 0.3 is 0 Å². The lowest BCUT2D eigenvalue weighted by atomic mass is 10.0. The molecule has 0 saturated carbocycles. The number of rotatable bonds is 4. The molecular weight excluding hydrogens is 292 g/mol. The normalized spacial score (nSPS) is 10.7. The molecule has 1 aromatic heterocycles. The van der Waals surface area contributed by atoms with Gasteiger partial charge in [-0.2, -0.15) is 5.10 Å². The van der Waals surface area contributed by atoms with Crippen molar-refractivity contribution in [3.05, 3.63) is 40.7 Å². The van der Waals surface area contributed by atoms with Gasteiger partial charge in [-0.1, -0.05) is 19.9 Å². The number of anilines is 2. The minimum absolute atomic E-state index is 0.146. The summed E-state index contributed by atoms with van der Waals surface area (Å²) < 4.78 is 0. The molecule has 23 heavy (non-hydrogen) atoms. The van der Waals surface area contributed by atoms with Crippen molar-refractivity contribution in [3.8, 4) is 0 Å². The first kappa shape index (κ1) is 16.7. The molecular formula is C17H22N4O2. The van der Waals surface area contributed by atoms with E-state index in [1.165, 1.54) is 6.92 Å². The third kappa shape index (κ3) is 3.77. The smallest absolute Gasteiger partial charge is 0.259 e. The van der Waals surface area contributed by atoms with E-state index in [1.54, 1.807) is 12.1 Å². The summed E-state index contributed by atoms with van der Waals surface area (Å²) in [6.45, 7) is 9.17. The molecule has 6 nitrogen and oxygen atoms in total. The van der Waals surface area contributed by atoms with Gasteiger partial charge in [0.2, 0.25) is 5.91 Å². The van der Waals surface area contributed by atoms with Crippen LogP contribution in [0.15, 0.2) is 18.2 Å². The number of benzene rings is 1. The molecule has 0 spiro atoms. The molecule has 1 heterocycles. The highest BCUT2D eigenvalue weighted by Crippen LogP contribution is 2.24. The van der Waals surface area contributed by atoms with Crippen molar-refractivity contribution in [2.24, 2.45) is 0 Å². The Morgan fingerprint density at radius 3 is 2.48 bits per heavy atom. The van der Waals surface area contributed by atoms with Crippen molar-refractivity contribution in [1.29, 1.82) is 0 Å². The van der Waals surface area contributed by atoms with Gasteiger partial charge in [-0.25, -0.2) is 0 Å². The van der Waals surface area contributed by atoms with Gasteiger partial charge in [0.25, 0.3) is 5.91 Å². The Morgan fingerprint density at radius 2 is 1.87 bits per heavy atom. The number of aromatic nitrogens is 2. The van der Waals surface area contributed by atoms with E-state index in [1.807, 2.05) is 33.8 Å². The highest BCUT2D eigenvalue weighted by Gasteiger charge is 2.20. The molecule has 0 aliphatic heterocycles. The number of hydrogen-bond acceptors (Lipinski definition) is 3. The third-order valence-corrected chi connectivity index (χ3v) is 3.56. The Balaban J connectivity index is 2.30. The molecule has 122 valence electrons. The van der Waals surface area contributed by atoms with Crippen LogP contribution in [0.1, 0.15) is 54.0 Å². The molecule has 0 unspecified atom stereocenters. The average Bonchev–Trinajstić information content (AvgIpc) is 2.84. The zero-order valence-electron chi connectivity index (χ0n) is 14.1. The Hall–Kier alpha value is -2.63. The van der Waals surface area contributed by atoms with Gasteiger partial charge in [0.15, 0.2) is 0 Å². The number of carbonyl (C=O) groups is 2. The number of aromatic amines is 1. The van der Waals surface area contributed by atoms with E-state index in [2.05, 4.69) is 20.8 Å². The topological polar surface area (TPSA) is 86.9 Å². The summed E-state index contributed by atoms with van der Waals surface area (Å²) in [5.74, 6) is -0.213. The van der Waals surface area contributed by atoms with Gasteiger partial charge in [0.05, 0.1) is 11.3 Å². The SMILES string of the molecule is CC(=O)Nc1ccc(C)c(NC(=O)c2c(C(C)C)n[nH]c2C)c1. The summed E-state index contributed by atoms with van der Waals surface area (Å²) in [4.78, 5) is 23.8. The van der Waals surface area contributed by atoms with Crippen LogP contribution in [-0.4, -0.2) is 22.0 Å². The Kier molecular flexibility index (Phi) is 4.83. The van der Waals surface area contributed by atoms with Crippen LogP contribution in [0, 0.1) is 13.8 Å². The zero-order valence-corrected chi connectivity index (χ0v) is 14.1. The van der Waals surface area contributed by atoms with Crippen molar-refractivity contribution < 1.29 is 9.59 Å². The maximum absolute atomic E-state index is 12.6. The summed E-state index contributed by atoms with van der Waals surface area (Å²) in [6, 6.07) is 5.40. The van der Waals surface area contributed by atoms with E-state index in [0.717, 1.165) is 17.0 Å². The standard InChI is InChI=1S/C17H22N4O2/c1-9(2)16-15(11(4)20-21-16)17(23)19-14-8-13(18-12(5)22)7-6-10(14)3/h6-9H,1-5H3,(H,18,22)(H,19,23)(H,20,21). The van der Waals surface area contributed by atoms with E-state index < -0.39 is 0 Å². The first-order valence-corrected chi connectivity index (χ1v) is 7.54. The van der Waals surface area contributed by atoms with E-state index >= 15 is 0 Å². The fourth-order valence-corrected chi connectivity index (χ4v) is 2.37. The number of nitrogens with zero attached hydrogens (tertiary/aromatic N) is 1. The fourth-order valence-electron chi connectivity index (χ4n) is 2.37. The monoisotopic (exact) mass is 314 g/mol. The van der Waals surface area contributed by atoms with Crippen LogP contribution in [0.2, 0.25) is 0 Å². The minimum atomic E-state index is -0.206. The zero-order chi connectivity index (χ0) is 17.1. The molecule has 0 radical (unpaired) electrons. The Bertz CT molecular complexity index is 747. The molecule has 0 aliphatic rings. The first-order valence-electron chi connectivity index (χ1n) is 7.54. The molecule has 2 amide bonds. The van der Waals surface area contributed by atoms with Gasteiger partial charge in [-0.3, -0.25) is 14.7 Å². The summed E-state index contributed by atoms with van der Waals surface area (Å²) in [5.41, 5.74) is 4.28. The van der Waals surface area contributed by atoms with Crippen LogP contribution < -0.4 is 10.6 Å². The van der Waals surface area contributed by atoms with Crippen LogP contribution >= 0.6 is 0 Å². The van der Waals surface area contributed by atoms with E-state index in [0.29, 0.717) is 16.9 Å². The average molecular weight is 314 g/mol. The fraction of sp³-hybridized carbons (Fsp3) is 0.353. The summed E-state index contributed by atoms with van der Waals surface area (Å²) in [6.07, 6.45) is 0. The van der Waals surface area contributed by atoms with Gasteiger partial charge in [-0.05, 0) is 37.5 Å². The van der Waals surface area contributed by atoms with Crippen LogP contribution in [0.25, 0.3) is 0 Å². The maximum atomic E-state index is 12.6. The highest BCUT2D eigenvalue weighted by atomic mass is 16.2. The molecule has 0 aliphatic carbocycles. The lowest BCUT2D eigenvalue weighted by molar-refractivity contribution is -0.114. The minimum Gasteiger partial charge on any atom is -0.326 e. The number of amides is 2. The van der Waals surface area contributed by atoms with Gasteiger partial charge in [0, 0.05) is 24.0 Å². The van der Waals surface area contributed by atoms with Crippen molar-refractivity contribution >= 4 is 23.2 Å². The lowest BCUT2D eigenvalue weighted by Crippen LogP contribution is -2.16. The molecule has 3 N–H and O–H groups in total. The van der Waals surface area contributed by atoms with E-state index in [-0.39, 0.29) is 17.7 Å². The molecule has 2 aromatic rings. The molecule has 1 aromatic carbocycles. The first-order chi connectivity index (χ1) is 10.8. The summed E-state index contributed by atoms with van der Waals surface area (Å²) in [7, 11) is 0. The van der Waals surface area contributed by atoms with Crippen molar-refractivity contribution in [3.63, 3.8) is 0 Å². The maximum Gasteiger partial charge on any atom is 0.259 e. The second-order valence-electron chi connectivity index (χ2n) is 5.93. The number of aryl methyl sites for hydroxylation is 2. The van der Waals surface area contributed by atoms with Crippen LogP contribution in [0.4, 0.5) is 11.4 Å². The Labute approximate surface area is 135 Å². The van der Waals surface area contributed by atoms with Crippen molar-refractivity contribution in [1.82, 2.24) is 10.2 Å². The molecule has 0 atom stereocenters. The molecule has 2 rings (SSSR count). The molecule has 0 saturated heterocycles. The van der Waals surface area contributed by atoms with Gasteiger partial charge in [0.1, 0.15) is 0 Å². The lowest BCUT2D eigenvalue weighted by Gasteiger charge is -2.12. The third-order valence-electron chi connectivity index (χ3n) is 3.56. The summed E-state index contributed by atoms with van der Waals surface area (Å²) in [5, 5.41) is 12.7. The molecule has 0 fully saturated rings. The Morgan fingerprint density at radius 1 is 1.17 bits per heavy atom. The number of nitrogens with one attached hydrogen (secondary N) is 3. The second kappa shape index (κ2) is 6.64. The molecule has 6 heteroatoms. The van der Waals surface area contributed by atoms with Crippen LogP contribution in [0.5, 0.6) is 0 Å².